The number of rotatable bonds is 8. The summed E-state index contributed by atoms with van der Waals surface area (Å²) in [7, 11) is -4.17. The predicted molar refractivity (Wildman–Crippen MR) is 120 cm³/mol. The maximum atomic E-state index is 13.1. The largest absolute Gasteiger partial charge is 0.511 e. The molecule has 0 spiro atoms. The Morgan fingerprint density at radius 1 is 1.17 bits per heavy atom. The van der Waals surface area contributed by atoms with Crippen molar-refractivity contribution in [1.29, 1.82) is 0 Å². The monoisotopic (exact) mass is 550 g/mol. The average Bonchev–Trinajstić information content (AvgIpc) is 2.79. The van der Waals surface area contributed by atoms with Gasteiger partial charge in [-0.25, -0.2) is 13.1 Å². The third kappa shape index (κ3) is 6.85. The first kappa shape index (κ1) is 29.9. The van der Waals surface area contributed by atoms with Gasteiger partial charge in [0.2, 0.25) is 0 Å². The first-order valence-corrected chi connectivity index (χ1v) is 13.4. The lowest BCUT2D eigenvalue weighted by Crippen LogP contribution is -2.67. The first-order valence-electron chi connectivity index (χ1n) is 11.9. The molecule has 1 aliphatic carbocycles. The number of ether oxygens (including phenoxy) is 4. The fraction of sp³-hybridized carbons (Fsp3) is 1.00. The van der Waals surface area contributed by atoms with Crippen LogP contribution in [0.25, 0.3) is 0 Å². The second-order valence-corrected chi connectivity index (χ2v) is 11.5. The quantitative estimate of drug-likeness (QED) is 0.209. The van der Waals surface area contributed by atoms with Crippen LogP contribution in [0.1, 0.15) is 39.0 Å². The van der Waals surface area contributed by atoms with Crippen molar-refractivity contribution in [3.63, 3.8) is 0 Å². The molecular formula is C20H37F3N4O8S. The summed E-state index contributed by atoms with van der Waals surface area (Å²) < 4.78 is 87.7. The van der Waals surface area contributed by atoms with Gasteiger partial charge in [-0.1, -0.05) is 0 Å². The Hall–Kier alpha value is -0.660. The summed E-state index contributed by atoms with van der Waals surface area (Å²) in [5.41, 5.74) is 4.97. The van der Waals surface area contributed by atoms with Gasteiger partial charge in [0, 0.05) is 25.0 Å². The predicted octanol–water partition coefficient (Wildman–Crippen LogP) is -1.40. The van der Waals surface area contributed by atoms with Gasteiger partial charge in [0.25, 0.3) is 0 Å². The second kappa shape index (κ2) is 11.6. The Balaban J connectivity index is 1.80. The number of halogens is 3. The van der Waals surface area contributed by atoms with Gasteiger partial charge >= 0.3 is 15.5 Å². The zero-order valence-corrected chi connectivity index (χ0v) is 21.0. The van der Waals surface area contributed by atoms with E-state index in [1.54, 1.807) is 18.7 Å². The Morgan fingerprint density at radius 2 is 1.83 bits per heavy atom. The number of aliphatic hydroxyl groups excluding tert-OH is 1. The fourth-order valence-corrected chi connectivity index (χ4v) is 5.63. The SMILES string of the molecule is CN[C@H]1C[C@@H](O[C@H]2[C@H](O)[C@@H](O[C@@H]3CCC[C@@H](CN)O3)[C@H](N)C[C@H]2NS(=O)(=O)C(F)(F)F)OC[C@]1(C)O. The summed E-state index contributed by atoms with van der Waals surface area (Å²) in [6.45, 7) is 1.64. The van der Waals surface area contributed by atoms with Crippen LogP contribution in [0, 0.1) is 0 Å². The molecule has 0 amide bonds. The minimum absolute atomic E-state index is 0.0763. The Kier molecular flexibility index (Phi) is 9.64. The number of hydrogen-bond acceptors (Lipinski definition) is 11. The number of hydrogen-bond donors (Lipinski definition) is 6. The lowest BCUT2D eigenvalue weighted by molar-refractivity contribution is -0.282. The highest BCUT2D eigenvalue weighted by Gasteiger charge is 2.53. The summed E-state index contributed by atoms with van der Waals surface area (Å²) in [6, 6.07) is -3.08. The van der Waals surface area contributed by atoms with Crippen LogP contribution < -0.4 is 21.5 Å². The van der Waals surface area contributed by atoms with E-state index in [9.17, 15) is 31.8 Å². The van der Waals surface area contributed by atoms with Crippen molar-refractivity contribution >= 4 is 10.0 Å². The molecule has 3 aliphatic rings. The molecule has 36 heavy (non-hydrogen) atoms. The number of aliphatic hydroxyl groups is 2. The zero-order valence-electron chi connectivity index (χ0n) is 20.2. The van der Waals surface area contributed by atoms with E-state index in [2.05, 4.69) is 5.32 Å². The van der Waals surface area contributed by atoms with Crippen molar-refractivity contribution in [3.05, 3.63) is 0 Å². The van der Waals surface area contributed by atoms with Crippen LogP contribution in [0.2, 0.25) is 0 Å². The molecule has 0 aromatic heterocycles. The van der Waals surface area contributed by atoms with E-state index in [1.165, 1.54) is 0 Å². The van der Waals surface area contributed by atoms with E-state index in [1.807, 2.05) is 0 Å². The van der Waals surface area contributed by atoms with Crippen molar-refractivity contribution in [2.45, 2.75) is 105 Å². The topological polar surface area (TPSA) is 188 Å². The first-order chi connectivity index (χ1) is 16.7. The molecule has 12 nitrogen and oxygen atoms in total. The number of nitrogens with one attached hydrogen (secondary N) is 2. The molecule has 1 saturated carbocycles. The molecule has 0 unspecified atom stereocenters. The van der Waals surface area contributed by atoms with Crippen LogP contribution in [0.3, 0.4) is 0 Å². The van der Waals surface area contributed by atoms with Crippen molar-refractivity contribution in [2.75, 3.05) is 20.2 Å². The van der Waals surface area contributed by atoms with Crippen LogP contribution in [0.15, 0.2) is 0 Å². The second-order valence-electron chi connectivity index (χ2n) is 9.79. The van der Waals surface area contributed by atoms with E-state index in [-0.39, 0.29) is 32.1 Å². The molecule has 2 aliphatic heterocycles. The van der Waals surface area contributed by atoms with Crippen molar-refractivity contribution in [3.8, 4) is 0 Å². The third-order valence-electron chi connectivity index (χ3n) is 6.91. The Morgan fingerprint density at radius 3 is 2.44 bits per heavy atom. The van der Waals surface area contributed by atoms with Crippen LogP contribution in [0.5, 0.6) is 0 Å². The number of likely N-dealkylation sites (N-methyl/N-ethyl adjacent to an activating group) is 1. The molecule has 0 radical (unpaired) electrons. The summed E-state index contributed by atoms with van der Waals surface area (Å²) in [5, 5.41) is 24.5. The standard InChI is InChI=1S/C20H37F3N4O8S/c1-19(29)9-32-15(7-13(19)26-2)35-18-12(27-36(30,31)20(21,22)23)6-11(25)17(16(18)28)34-14-5-3-4-10(8-24)33-14/h10-18,26-29H,3-9,24-25H2,1-2H3/t10-,11+,12+,13-,14+,15+,16+,17-,18+,19-/m0/s1. The summed E-state index contributed by atoms with van der Waals surface area (Å²) in [6.07, 6.45) is -4.61. The number of sulfonamides is 1. The van der Waals surface area contributed by atoms with Crippen LogP contribution in [-0.2, 0) is 29.0 Å². The van der Waals surface area contributed by atoms with Gasteiger partial charge in [-0.3, -0.25) is 0 Å². The third-order valence-corrected chi connectivity index (χ3v) is 8.13. The van der Waals surface area contributed by atoms with E-state index in [0.29, 0.717) is 6.42 Å². The normalized spacial score (nSPS) is 42.9. The number of alkyl halides is 3. The van der Waals surface area contributed by atoms with E-state index in [4.69, 9.17) is 30.4 Å². The summed E-state index contributed by atoms with van der Waals surface area (Å²) >= 11 is 0. The molecule has 3 fully saturated rings. The molecule has 8 N–H and O–H groups in total. The maximum absolute atomic E-state index is 13.1. The minimum Gasteiger partial charge on any atom is -0.388 e. The van der Waals surface area contributed by atoms with Crippen LogP contribution in [0.4, 0.5) is 13.2 Å². The average molecular weight is 551 g/mol. The Bertz CT molecular complexity index is 836. The Labute approximate surface area is 208 Å². The molecule has 2 heterocycles. The van der Waals surface area contributed by atoms with E-state index >= 15 is 0 Å². The van der Waals surface area contributed by atoms with Gasteiger partial charge in [0.1, 0.15) is 23.9 Å². The van der Waals surface area contributed by atoms with Gasteiger partial charge in [0.05, 0.1) is 18.8 Å². The zero-order chi connectivity index (χ0) is 26.9. The number of nitrogens with two attached hydrogens (primary N) is 2. The molecule has 212 valence electrons. The molecule has 0 aromatic carbocycles. The highest BCUT2D eigenvalue weighted by Crippen LogP contribution is 2.33. The van der Waals surface area contributed by atoms with Gasteiger partial charge in [-0.2, -0.15) is 13.2 Å². The maximum Gasteiger partial charge on any atom is 0.511 e. The lowest BCUT2D eigenvalue weighted by Gasteiger charge is -2.47. The van der Waals surface area contributed by atoms with E-state index < -0.39 is 70.2 Å². The lowest BCUT2D eigenvalue weighted by atomic mass is 9.84. The fourth-order valence-electron chi connectivity index (χ4n) is 4.86. The molecule has 0 bridgehead atoms. The van der Waals surface area contributed by atoms with Crippen molar-refractivity contribution in [1.82, 2.24) is 10.0 Å². The van der Waals surface area contributed by atoms with Crippen LogP contribution >= 0.6 is 0 Å². The highest BCUT2D eigenvalue weighted by atomic mass is 32.2. The van der Waals surface area contributed by atoms with Gasteiger partial charge in [-0.15, -0.1) is 0 Å². The molecule has 16 heteroatoms. The highest BCUT2D eigenvalue weighted by molar-refractivity contribution is 7.90. The van der Waals surface area contributed by atoms with Gasteiger partial charge < -0.3 is 45.9 Å². The summed E-state index contributed by atoms with van der Waals surface area (Å²) in [4.78, 5) is 0. The molecule has 3 rings (SSSR count). The minimum atomic E-state index is -5.78. The molecule has 2 saturated heterocycles. The van der Waals surface area contributed by atoms with Crippen LogP contribution in [-0.4, -0.2) is 105 Å². The van der Waals surface area contributed by atoms with Crippen molar-refractivity contribution < 1.29 is 50.7 Å². The van der Waals surface area contributed by atoms with Crippen molar-refractivity contribution in [2.24, 2.45) is 11.5 Å². The van der Waals surface area contributed by atoms with Gasteiger partial charge in [0.15, 0.2) is 12.6 Å². The molecule has 10 atom stereocenters. The molecular weight excluding hydrogens is 513 g/mol. The molecule has 0 aromatic rings. The van der Waals surface area contributed by atoms with Gasteiger partial charge in [-0.05, 0) is 39.7 Å². The smallest absolute Gasteiger partial charge is 0.388 e. The van der Waals surface area contributed by atoms with E-state index in [0.717, 1.165) is 12.8 Å². The summed E-state index contributed by atoms with van der Waals surface area (Å²) in [5.74, 6) is 0.